The highest BCUT2D eigenvalue weighted by atomic mass is 32.1. The molecule has 0 bridgehead atoms. The van der Waals surface area contributed by atoms with Gasteiger partial charge in [0.25, 0.3) is 5.69 Å². The third-order valence-corrected chi connectivity index (χ3v) is 4.00. The van der Waals surface area contributed by atoms with Crippen LogP contribution in [0.15, 0.2) is 41.8 Å². The van der Waals surface area contributed by atoms with Gasteiger partial charge in [-0.15, -0.1) is 11.3 Å². The van der Waals surface area contributed by atoms with E-state index < -0.39 is 4.92 Å². The number of nitrogens with one attached hydrogen (secondary N) is 1. The van der Waals surface area contributed by atoms with Crippen molar-refractivity contribution >= 4 is 22.9 Å². The van der Waals surface area contributed by atoms with Crippen LogP contribution in [-0.2, 0) is 17.6 Å². The molecule has 2 aromatic rings. The topological polar surface area (TPSA) is 72.2 Å². The molecule has 110 valence electrons. The van der Waals surface area contributed by atoms with E-state index in [-0.39, 0.29) is 11.6 Å². The molecule has 0 atom stereocenters. The minimum absolute atomic E-state index is 0.0327. The number of nitro benzene ring substituents is 1. The van der Waals surface area contributed by atoms with Crippen molar-refractivity contribution < 1.29 is 9.72 Å². The zero-order chi connectivity index (χ0) is 15.1. The Morgan fingerprint density at radius 1 is 1.19 bits per heavy atom. The van der Waals surface area contributed by atoms with Gasteiger partial charge in [-0.05, 0) is 29.9 Å². The van der Waals surface area contributed by atoms with E-state index in [4.69, 9.17) is 0 Å². The number of nitro groups is 1. The number of amides is 1. The molecule has 0 radical (unpaired) electrons. The summed E-state index contributed by atoms with van der Waals surface area (Å²) in [5, 5.41) is 15.4. The summed E-state index contributed by atoms with van der Waals surface area (Å²) in [4.78, 5) is 23.0. The molecule has 1 aromatic carbocycles. The molecule has 5 nitrogen and oxygen atoms in total. The van der Waals surface area contributed by atoms with Crippen molar-refractivity contribution in [3.05, 3.63) is 62.3 Å². The number of carbonyl (C=O) groups excluding carboxylic acids is 1. The molecular formula is C15H16N2O3S. The maximum atomic E-state index is 11.7. The standard InChI is InChI=1S/C15H16N2O3S/c18-15(8-7-14-2-1-11-21-14)16-10-9-12-3-5-13(6-4-12)17(19)20/h1-6,11H,7-10H2,(H,16,18). The minimum Gasteiger partial charge on any atom is -0.356 e. The van der Waals surface area contributed by atoms with Gasteiger partial charge < -0.3 is 5.32 Å². The van der Waals surface area contributed by atoms with Crippen LogP contribution in [0, 0.1) is 10.1 Å². The van der Waals surface area contributed by atoms with Crippen molar-refractivity contribution in [2.75, 3.05) is 6.54 Å². The highest BCUT2D eigenvalue weighted by Crippen LogP contribution is 2.12. The lowest BCUT2D eigenvalue weighted by Crippen LogP contribution is -2.25. The van der Waals surface area contributed by atoms with Gasteiger partial charge in [-0.1, -0.05) is 18.2 Å². The summed E-state index contributed by atoms with van der Waals surface area (Å²) in [6, 6.07) is 10.4. The molecule has 0 saturated carbocycles. The molecule has 1 amide bonds. The van der Waals surface area contributed by atoms with Crippen molar-refractivity contribution in [3.63, 3.8) is 0 Å². The lowest BCUT2D eigenvalue weighted by molar-refractivity contribution is -0.384. The maximum absolute atomic E-state index is 11.7. The third-order valence-electron chi connectivity index (χ3n) is 3.06. The molecule has 2 rings (SSSR count). The minimum atomic E-state index is -0.421. The zero-order valence-electron chi connectivity index (χ0n) is 11.5. The van der Waals surface area contributed by atoms with Crippen LogP contribution in [0.3, 0.4) is 0 Å². The average molecular weight is 304 g/mol. The van der Waals surface area contributed by atoms with Crippen LogP contribution < -0.4 is 5.32 Å². The van der Waals surface area contributed by atoms with Crippen LogP contribution in [-0.4, -0.2) is 17.4 Å². The third kappa shape index (κ3) is 5.00. The first-order chi connectivity index (χ1) is 10.1. The number of rotatable bonds is 7. The first-order valence-electron chi connectivity index (χ1n) is 6.67. The van der Waals surface area contributed by atoms with Gasteiger partial charge in [-0.2, -0.15) is 0 Å². The van der Waals surface area contributed by atoms with E-state index >= 15 is 0 Å². The van der Waals surface area contributed by atoms with E-state index in [1.807, 2.05) is 17.5 Å². The molecule has 6 heteroatoms. The van der Waals surface area contributed by atoms with E-state index in [0.29, 0.717) is 19.4 Å². The van der Waals surface area contributed by atoms with Crippen molar-refractivity contribution in [2.45, 2.75) is 19.3 Å². The largest absolute Gasteiger partial charge is 0.356 e. The molecule has 1 aromatic heterocycles. The van der Waals surface area contributed by atoms with Crippen molar-refractivity contribution in [2.24, 2.45) is 0 Å². The first kappa shape index (κ1) is 15.2. The predicted octanol–water partition coefficient (Wildman–Crippen LogP) is 2.95. The Labute approximate surface area is 126 Å². The summed E-state index contributed by atoms with van der Waals surface area (Å²) in [7, 11) is 0. The number of thiophene rings is 1. The average Bonchev–Trinajstić information content (AvgIpc) is 2.99. The number of non-ortho nitro benzene ring substituents is 1. The van der Waals surface area contributed by atoms with Gasteiger partial charge in [-0.25, -0.2) is 0 Å². The summed E-state index contributed by atoms with van der Waals surface area (Å²) in [6.45, 7) is 0.543. The molecule has 0 saturated heterocycles. The highest BCUT2D eigenvalue weighted by Gasteiger charge is 2.05. The van der Waals surface area contributed by atoms with Crippen molar-refractivity contribution in [3.8, 4) is 0 Å². The van der Waals surface area contributed by atoms with Crippen LogP contribution in [0.5, 0.6) is 0 Å². The SMILES string of the molecule is O=C(CCc1cccs1)NCCc1ccc([N+](=O)[O-])cc1. The van der Waals surface area contributed by atoms with E-state index in [1.54, 1.807) is 23.5 Å². The van der Waals surface area contributed by atoms with Crippen LogP contribution >= 0.6 is 11.3 Å². The summed E-state index contributed by atoms with van der Waals surface area (Å²) in [5.41, 5.74) is 1.05. The van der Waals surface area contributed by atoms with Crippen LogP contribution in [0.25, 0.3) is 0 Å². The number of hydrogen-bond acceptors (Lipinski definition) is 4. The Kier molecular flexibility index (Phi) is 5.45. The van der Waals surface area contributed by atoms with Crippen molar-refractivity contribution in [1.82, 2.24) is 5.32 Å². The molecule has 0 aliphatic carbocycles. The molecular weight excluding hydrogens is 288 g/mol. The molecule has 1 N–H and O–H groups in total. The molecule has 1 heterocycles. The summed E-state index contributed by atoms with van der Waals surface area (Å²) >= 11 is 1.65. The number of carbonyl (C=O) groups is 1. The fourth-order valence-corrected chi connectivity index (χ4v) is 2.62. The van der Waals surface area contributed by atoms with Gasteiger partial charge in [0, 0.05) is 30.0 Å². The Morgan fingerprint density at radius 3 is 2.57 bits per heavy atom. The van der Waals surface area contributed by atoms with E-state index in [1.165, 1.54) is 17.0 Å². The van der Waals surface area contributed by atoms with Gasteiger partial charge in [0.1, 0.15) is 0 Å². The second-order valence-corrected chi connectivity index (χ2v) is 5.64. The predicted molar refractivity (Wildman–Crippen MR) is 82.5 cm³/mol. The fraction of sp³-hybridized carbons (Fsp3) is 0.267. The second kappa shape index (κ2) is 7.54. The second-order valence-electron chi connectivity index (χ2n) is 4.60. The Balaban J connectivity index is 1.68. The van der Waals surface area contributed by atoms with Gasteiger partial charge >= 0.3 is 0 Å². The quantitative estimate of drug-likeness (QED) is 0.631. The first-order valence-corrected chi connectivity index (χ1v) is 7.55. The van der Waals surface area contributed by atoms with Crippen molar-refractivity contribution in [1.29, 1.82) is 0 Å². The highest BCUT2D eigenvalue weighted by molar-refractivity contribution is 7.09. The Morgan fingerprint density at radius 2 is 1.95 bits per heavy atom. The van der Waals surface area contributed by atoms with E-state index in [9.17, 15) is 14.9 Å². The number of nitrogens with zero attached hydrogens (tertiary/aromatic N) is 1. The molecule has 0 aliphatic heterocycles. The van der Waals surface area contributed by atoms with Crippen LogP contribution in [0.1, 0.15) is 16.9 Å². The van der Waals surface area contributed by atoms with Crippen LogP contribution in [0.2, 0.25) is 0 Å². The zero-order valence-corrected chi connectivity index (χ0v) is 12.3. The maximum Gasteiger partial charge on any atom is 0.269 e. The lowest BCUT2D eigenvalue weighted by atomic mass is 10.1. The number of aryl methyl sites for hydroxylation is 1. The lowest BCUT2D eigenvalue weighted by Gasteiger charge is -2.05. The number of benzene rings is 1. The Bertz CT molecular complexity index is 594. The summed E-state index contributed by atoms with van der Waals surface area (Å²) < 4.78 is 0. The van der Waals surface area contributed by atoms with Crippen LogP contribution in [0.4, 0.5) is 5.69 Å². The Hall–Kier alpha value is -2.21. The normalized spacial score (nSPS) is 10.3. The van der Waals surface area contributed by atoms with Gasteiger partial charge in [-0.3, -0.25) is 14.9 Å². The molecule has 21 heavy (non-hydrogen) atoms. The van der Waals surface area contributed by atoms with E-state index in [0.717, 1.165) is 12.0 Å². The summed E-state index contributed by atoms with van der Waals surface area (Å²) in [5.74, 6) is 0.0327. The molecule has 0 unspecified atom stereocenters. The molecule has 0 aliphatic rings. The van der Waals surface area contributed by atoms with Gasteiger partial charge in [0.2, 0.25) is 5.91 Å². The smallest absolute Gasteiger partial charge is 0.269 e. The van der Waals surface area contributed by atoms with E-state index in [2.05, 4.69) is 5.32 Å². The fourth-order valence-electron chi connectivity index (χ4n) is 1.91. The monoisotopic (exact) mass is 304 g/mol. The van der Waals surface area contributed by atoms with Gasteiger partial charge in [0.15, 0.2) is 0 Å². The molecule has 0 fully saturated rings. The summed E-state index contributed by atoms with van der Waals surface area (Å²) in [6.07, 6.45) is 1.92. The number of hydrogen-bond donors (Lipinski definition) is 1. The van der Waals surface area contributed by atoms with Gasteiger partial charge in [0.05, 0.1) is 4.92 Å². The molecule has 0 spiro atoms.